The summed E-state index contributed by atoms with van der Waals surface area (Å²) in [5, 5.41) is 12.5. The lowest BCUT2D eigenvalue weighted by Gasteiger charge is -2.01. The van der Waals surface area contributed by atoms with Crippen molar-refractivity contribution in [1.82, 2.24) is 10.4 Å². The molecular weight excluding hydrogens is 234 g/mol. The molecule has 0 spiro atoms. The number of amides is 1. The minimum absolute atomic E-state index is 0.0618. The first kappa shape index (κ1) is 12.1. The Labute approximate surface area is 95.9 Å². The quantitative estimate of drug-likeness (QED) is 0.608. The van der Waals surface area contributed by atoms with Gasteiger partial charge in [-0.05, 0) is 6.07 Å². The normalized spacial score (nSPS) is 10.4. The van der Waals surface area contributed by atoms with E-state index in [0.717, 1.165) is 6.21 Å². The molecule has 1 aromatic heterocycles. The summed E-state index contributed by atoms with van der Waals surface area (Å²) in [6.45, 7) is 1.28. The van der Waals surface area contributed by atoms with E-state index in [-0.39, 0.29) is 22.2 Å². The number of halogens is 1. The largest absolute Gasteiger partial charge is 0.478 e. The summed E-state index contributed by atoms with van der Waals surface area (Å²) in [5.74, 6) is -1.57. The molecule has 0 aliphatic carbocycles. The van der Waals surface area contributed by atoms with E-state index in [9.17, 15) is 9.59 Å². The number of rotatable bonds is 3. The third-order valence-electron chi connectivity index (χ3n) is 1.55. The summed E-state index contributed by atoms with van der Waals surface area (Å²) in [7, 11) is 0. The van der Waals surface area contributed by atoms with E-state index in [1.165, 1.54) is 19.2 Å². The molecule has 0 bridgehead atoms. The van der Waals surface area contributed by atoms with Gasteiger partial charge in [0.2, 0.25) is 5.91 Å². The van der Waals surface area contributed by atoms with Crippen LogP contribution in [-0.4, -0.2) is 28.2 Å². The molecule has 0 atom stereocenters. The smallest absolute Gasteiger partial charge is 0.339 e. The number of carbonyl (C=O) groups is 2. The van der Waals surface area contributed by atoms with Crippen LogP contribution in [0, 0.1) is 0 Å². The highest BCUT2D eigenvalue weighted by Gasteiger charge is 2.13. The van der Waals surface area contributed by atoms with Crippen LogP contribution >= 0.6 is 11.6 Å². The fourth-order valence-electron chi connectivity index (χ4n) is 0.947. The lowest BCUT2D eigenvalue weighted by molar-refractivity contribution is -0.118. The Kier molecular flexibility index (Phi) is 3.96. The third kappa shape index (κ3) is 3.03. The summed E-state index contributed by atoms with van der Waals surface area (Å²) >= 11 is 5.70. The van der Waals surface area contributed by atoms with Gasteiger partial charge in [0.05, 0.1) is 16.9 Å². The fourth-order valence-corrected chi connectivity index (χ4v) is 1.18. The molecular formula is C9H8ClN3O3. The van der Waals surface area contributed by atoms with Crippen molar-refractivity contribution in [1.29, 1.82) is 0 Å². The number of carboxylic acids is 1. The van der Waals surface area contributed by atoms with Crippen LogP contribution in [0.25, 0.3) is 0 Å². The predicted molar refractivity (Wildman–Crippen MR) is 57.6 cm³/mol. The SMILES string of the molecule is CC(=O)NN=Cc1nccc(Cl)c1C(=O)O. The van der Waals surface area contributed by atoms with Gasteiger partial charge in [-0.25, -0.2) is 10.2 Å². The lowest BCUT2D eigenvalue weighted by atomic mass is 10.2. The number of hydrogen-bond donors (Lipinski definition) is 2. The van der Waals surface area contributed by atoms with Crippen molar-refractivity contribution in [2.24, 2.45) is 5.10 Å². The standard InChI is InChI=1S/C9H8ClN3O3/c1-5(14)13-12-4-7-8(9(15)16)6(10)2-3-11-7/h2-4H,1H3,(H,13,14)(H,15,16). The van der Waals surface area contributed by atoms with Crippen LogP contribution in [0.3, 0.4) is 0 Å². The Hall–Kier alpha value is -1.95. The van der Waals surface area contributed by atoms with E-state index in [1.807, 2.05) is 0 Å². The number of hydrogen-bond acceptors (Lipinski definition) is 4. The number of pyridine rings is 1. The second-order valence-corrected chi connectivity index (χ2v) is 3.19. The van der Waals surface area contributed by atoms with Gasteiger partial charge in [-0.1, -0.05) is 11.6 Å². The fraction of sp³-hybridized carbons (Fsp3) is 0.111. The van der Waals surface area contributed by atoms with Crippen LogP contribution in [0.4, 0.5) is 0 Å². The molecule has 0 aliphatic rings. The van der Waals surface area contributed by atoms with E-state index in [4.69, 9.17) is 16.7 Å². The molecule has 6 nitrogen and oxygen atoms in total. The first-order valence-corrected chi connectivity index (χ1v) is 4.57. The minimum Gasteiger partial charge on any atom is -0.478 e. The highest BCUT2D eigenvalue weighted by atomic mass is 35.5. The highest BCUT2D eigenvalue weighted by Crippen LogP contribution is 2.16. The van der Waals surface area contributed by atoms with Gasteiger partial charge in [0.1, 0.15) is 5.56 Å². The van der Waals surface area contributed by atoms with E-state index < -0.39 is 5.97 Å². The van der Waals surface area contributed by atoms with Crippen molar-refractivity contribution in [3.63, 3.8) is 0 Å². The molecule has 1 heterocycles. The topological polar surface area (TPSA) is 91.7 Å². The molecule has 0 aliphatic heterocycles. The highest BCUT2D eigenvalue weighted by molar-refractivity contribution is 6.34. The monoisotopic (exact) mass is 241 g/mol. The van der Waals surface area contributed by atoms with Gasteiger partial charge in [0, 0.05) is 13.1 Å². The van der Waals surface area contributed by atoms with Crippen molar-refractivity contribution >= 4 is 29.7 Å². The zero-order chi connectivity index (χ0) is 12.1. The number of hydrazone groups is 1. The third-order valence-corrected chi connectivity index (χ3v) is 1.87. The van der Waals surface area contributed by atoms with Gasteiger partial charge >= 0.3 is 5.97 Å². The van der Waals surface area contributed by atoms with Crippen molar-refractivity contribution in [2.75, 3.05) is 0 Å². The lowest BCUT2D eigenvalue weighted by Crippen LogP contribution is -2.13. The number of carboxylic acid groups (broad SMARTS) is 1. The van der Waals surface area contributed by atoms with Gasteiger partial charge in [-0.15, -0.1) is 0 Å². The van der Waals surface area contributed by atoms with Crippen molar-refractivity contribution in [2.45, 2.75) is 6.92 Å². The maximum absolute atomic E-state index is 10.9. The van der Waals surface area contributed by atoms with Crippen LogP contribution < -0.4 is 5.43 Å². The summed E-state index contributed by atoms with van der Waals surface area (Å²) < 4.78 is 0. The maximum Gasteiger partial charge on any atom is 0.339 e. The molecule has 1 amide bonds. The van der Waals surface area contributed by atoms with Crippen LogP contribution in [0.5, 0.6) is 0 Å². The van der Waals surface area contributed by atoms with Gasteiger partial charge in [-0.3, -0.25) is 9.78 Å². The zero-order valence-electron chi connectivity index (χ0n) is 8.27. The minimum atomic E-state index is -1.21. The Morgan fingerprint density at radius 1 is 1.62 bits per heavy atom. The molecule has 0 radical (unpaired) electrons. The van der Waals surface area contributed by atoms with E-state index in [1.54, 1.807) is 0 Å². The molecule has 0 fully saturated rings. The molecule has 0 unspecified atom stereocenters. The van der Waals surface area contributed by atoms with Crippen molar-refractivity contribution in [3.8, 4) is 0 Å². The first-order valence-electron chi connectivity index (χ1n) is 4.20. The first-order chi connectivity index (χ1) is 7.52. The summed E-state index contributed by atoms with van der Waals surface area (Å²) in [5.41, 5.74) is 2.06. The Bertz CT molecular complexity index is 459. The molecule has 2 N–H and O–H groups in total. The number of carbonyl (C=O) groups excluding carboxylic acids is 1. The maximum atomic E-state index is 10.9. The summed E-state index contributed by atoms with van der Waals surface area (Å²) in [6.07, 6.45) is 2.47. The zero-order valence-corrected chi connectivity index (χ0v) is 9.02. The number of nitrogens with one attached hydrogen (secondary N) is 1. The summed E-state index contributed by atoms with van der Waals surface area (Å²) in [4.78, 5) is 25.2. The molecule has 0 saturated heterocycles. The number of aromatic carboxylic acids is 1. The van der Waals surface area contributed by atoms with Crippen molar-refractivity contribution in [3.05, 3.63) is 28.5 Å². The van der Waals surface area contributed by atoms with E-state index in [2.05, 4.69) is 15.5 Å². The molecule has 0 aromatic carbocycles. The molecule has 16 heavy (non-hydrogen) atoms. The van der Waals surface area contributed by atoms with Crippen LogP contribution in [0.15, 0.2) is 17.4 Å². The number of aromatic nitrogens is 1. The molecule has 1 aromatic rings. The van der Waals surface area contributed by atoms with E-state index >= 15 is 0 Å². The van der Waals surface area contributed by atoms with Gasteiger partial charge in [0.25, 0.3) is 0 Å². The average Bonchev–Trinajstić information content (AvgIpc) is 2.16. The van der Waals surface area contributed by atoms with Gasteiger partial charge in [0.15, 0.2) is 0 Å². The molecule has 1 rings (SSSR count). The Balaban J connectivity index is 3.04. The van der Waals surface area contributed by atoms with Crippen LogP contribution in [-0.2, 0) is 4.79 Å². The Morgan fingerprint density at radius 2 is 2.31 bits per heavy atom. The molecule has 0 saturated carbocycles. The van der Waals surface area contributed by atoms with Crippen LogP contribution in [0.2, 0.25) is 5.02 Å². The second-order valence-electron chi connectivity index (χ2n) is 2.78. The molecule has 84 valence electrons. The molecule has 7 heteroatoms. The van der Waals surface area contributed by atoms with Crippen molar-refractivity contribution < 1.29 is 14.7 Å². The number of nitrogens with zero attached hydrogens (tertiary/aromatic N) is 2. The van der Waals surface area contributed by atoms with Crippen LogP contribution in [0.1, 0.15) is 23.0 Å². The second kappa shape index (κ2) is 5.22. The summed E-state index contributed by atoms with van der Waals surface area (Å²) in [6, 6.07) is 1.36. The van der Waals surface area contributed by atoms with Gasteiger partial charge in [-0.2, -0.15) is 5.10 Å². The Morgan fingerprint density at radius 3 is 2.88 bits per heavy atom. The van der Waals surface area contributed by atoms with E-state index in [0.29, 0.717) is 0 Å². The predicted octanol–water partition coefficient (Wildman–Crippen LogP) is 0.903. The van der Waals surface area contributed by atoms with Gasteiger partial charge < -0.3 is 5.11 Å². The average molecular weight is 242 g/mol.